The standard InChI is InChI=1S/C20H14F3N3O4/c21-20(22,23)17-3-1-2-4-18(17)25-19(27)24-13-5-9-15(10-6-13)30-16-11-7-14(8-12-16)26(28)29/h1-12H,(H2,24,25,27). The minimum absolute atomic E-state index is 0.0694. The summed E-state index contributed by atoms with van der Waals surface area (Å²) in [6.45, 7) is 0. The quantitative estimate of drug-likeness (QED) is 0.390. The number of carbonyl (C=O) groups excluding carboxylic acids is 1. The molecule has 2 amide bonds. The Labute approximate surface area is 168 Å². The summed E-state index contributed by atoms with van der Waals surface area (Å²) in [6, 6.07) is 15.3. The maximum Gasteiger partial charge on any atom is 0.418 e. The second-order valence-electron chi connectivity index (χ2n) is 6.00. The number of anilines is 2. The molecule has 0 aliphatic heterocycles. The molecule has 3 aromatic rings. The minimum atomic E-state index is -4.60. The molecule has 0 saturated heterocycles. The zero-order valence-corrected chi connectivity index (χ0v) is 15.1. The molecule has 2 N–H and O–H groups in total. The van der Waals surface area contributed by atoms with Gasteiger partial charge in [-0.05, 0) is 48.5 Å². The van der Waals surface area contributed by atoms with Crippen LogP contribution in [-0.4, -0.2) is 11.0 Å². The molecule has 0 radical (unpaired) electrons. The molecule has 7 nitrogen and oxygen atoms in total. The molecular weight excluding hydrogens is 403 g/mol. The van der Waals surface area contributed by atoms with Crippen molar-refractivity contribution in [3.63, 3.8) is 0 Å². The van der Waals surface area contributed by atoms with Crippen LogP contribution in [-0.2, 0) is 6.18 Å². The van der Waals surface area contributed by atoms with E-state index in [4.69, 9.17) is 4.74 Å². The number of halogens is 3. The number of nitrogens with zero attached hydrogens (tertiary/aromatic N) is 1. The SMILES string of the molecule is O=C(Nc1ccc(Oc2ccc([N+](=O)[O-])cc2)cc1)Nc1ccccc1C(F)(F)F. The van der Waals surface area contributed by atoms with Gasteiger partial charge in [-0.15, -0.1) is 0 Å². The summed E-state index contributed by atoms with van der Waals surface area (Å²) in [5.74, 6) is 0.778. The fraction of sp³-hybridized carbons (Fsp3) is 0.0500. The lowest BCUT2D eigenvalue weighted by atomic mass is 10.1. The Hall–Kier alpha value is -4.08. The first-order valence-electron chi connectivity index (χ1n) is 8.49. The summed E-state index contributed by atoms with van der Waals surface area (Å²) in [7, 11) is 0. The van der Waals surface area contributed by atoms with Gasteiger partial charge in [0.15, 0.2) is 0 Å². The van der Waals surface area contributed by atoms with Gasteiger partial charge in [0.05, 0.1) is 16.2 Å². The van der Waals surface area contributed by atoms with E-state index in [-0.39, 0.29) is 11.4 Å². The Bertz CT molecular complexity index is 1050. The van der Waals surface area contributed by atoms with E-state index in [1.54, 1.807) is 0 Å². The Balaban J connectivity index is 1.62. The van der Waals surface area contributed by atoms with Crippen LogP contribution in [0, 0.1) is 10.1 Å². The smallest absolute Gasteiger partial charge is 0.418 e. The number of rotatable bonds is 5. The Morgan fingerprint density at radius 2 is 1.43 bits per heavy atom. The average Bonchev–Trinajstić information content (AvgIpc) is 2.69. The lowest BCUT2D eigenvalue weighted by molar-refractivity contribution is -0.384. The van der Waals surface area contributed by atoms with Crippen LogP contribution in [0.2, 0.25) is 0 Å². The maximum atomic E-state index is 13.0. The summed E-state index contributed by atoms with van der Waals surface area (Å²) in [5.41, 5.74) is -1.05. The topological polar surface area (TPSA) is 93.5 Å². The molecule has 0 atom stereocenters. The first kappa shape index (κ1) is 20.6. The highest BCUT2D eigenvalue weighted by atomic mass is 19.4. The van der Waals surface area contributed by atoms with Gasteiger partial charge >= 0.3 is 12.2 Å². The fourth-order valence-electron chi connectivity index (χ4n) is 2.50. The largest absolute Gasteiger partial charge is 0.457 e. The third-order valence-electron chi connectivity index (χ3n) is 3.88. The van der Waals surface area contributed by atoms with E-state index in [0.717, 1.165) is 12.1 Å². The first-order chi connectivity index (χ1) is 14.2. The van der Waals surface area contributed by atoms with Crippen molar-refractivity contribution in [1.29, 1.82) is 0 Å². The number of carbonyl (C=O) groups is 1. The molecule has 0 aromatic heterocycles. The maximum absolute atomic E-state index is 13.0. The monoisotopic (exact) mass is 417 g/mol. The lowest BCUT2D eigenvalue weighted by Gasteiger charge is -2.14. The van der Waals surface area contributed by atoms with Crippen molar-refractivity contribution < 1.29 is 27.6 Å². The molecule has 3 rings (SSSR count). The Morgan fingerprint density at radius 1 is 0.867 bits per heavy atom. The van der Waals surface area contributed by atoms with Crippen LogP contribution in [0.4, 0.5) is 35.0 Å². The number of nitrogens with one attached hydrogen (secondary N) is 2. The summed E-state index contributed by atoms with van der Waals surface area (Å²) in [5, 5.41) is 15.3. The molecule has 10 heteroatoms. The van der Waals surface area contributed by atoms with Gasteiger partial charge < -0.3 is 15.4 Å². The van der Waals surface area contributed by atoms with Gasteiger partial charge in [0.25, 0.3) is 5.69 Å². The number of benzene rings is 3. The van der Waals surface area contributed by atoms with E-state index in [2.05, 4.69) is 10.6 Å². The molecular formula is C20H14F3N3O4. The van der Waals surface area contributed by atoms with E-state index in [1.165, 1.54) is 60.7 Å². The molecule has 0 spiro atoms. The molecule has 0 aliphatic rings. The highest BCUT2D eigenvalue weighted by Crippen LogP contribution is 2.34. The third kappa shape index (κ3) is 5.25. The van der Waals surface area contributed by atoms with Crippen LogP contribution in [0.25, 0.3) is 0 Å². The van der Waals surface area contributed by atoms with Gasteiger partial charge in [-0.25, -0.2) is 4.79 Å². The highest BCUT2D eigenvalue weighted by Gasteiger charge is 2.33. The van der Waals surface area contributed by atoms with Gasteiger partial charge in [0, 0.05) is 17.8 Å². The number of hydrogen-bond acceptors (Lipinski definition) is 4. The molecule has 154 valence electrons. The molecule has 0 saturated carbocycles. The predicted molar refractivity (Wildman–Crippen MR) is 104 cm³/mol. The van der Waals surface area contributed by atoms with E-state index in [1.807, 2.05) is 0 Å². The second-order valence-corrected chi connectivity index (χ2v) is 6.00. The minimum Gasteiger partial charge on any atom is -0.457 e. The van der Waals surface area contributed by atoms with Crippen molar-refractivity contribution in [2.75, 3.05) is 10.6 Å². The number of nitro benzene ring substituents is 1. The normalized spacial score (nSPS) is 10.9. The van der Waals surface area contributed by atoms with Crippen LogP contribution in [0.15, 0.2) is 72.8 Å². The average molecular weight is 417 g/mol. The number of nitro groups is 1. The van der Waals surface area contributed by atoms with Crippen LogP contribution in [0.3, 0.4) is 0 Å². The van der Waals surface area contributed by atoms with Crippen LogP contribution < -0.4 is 15.4 Å². The van der Waals surface area contributed by atoms with E-state index in [9.17, 15) is 28.1 Å². The van der Waals surface area contributed by atoms with Gasteiger partial charge in [-0.2, -0.15) is 13.2 Å². The van der Waals surface area contributed by atoms with Crippen molar-refractivity contribution in [2.45, 2.75) is 6.18 Å². The summed E-state index contributed by atoms with van der Waals surface area (Å²) < 4.78 is 44.5. The number of alkyl halides is 3. The molecule has 0 bridgehead atoms. The molecule has 0 heterocycles. The fourth-order valence-corrected chi connectivity index (χ4v) is 2.50. The number of ether oxygens (including phenoxy) is 1. The number of hydrogen-bond donors (Lipinski definition) is 2. The van der Waals surface area contributed by atoms with Crippen molar-refractivity contribution in [2.24, 2.45) is 0 Å². The van der Waals surface area contributed by atoms with Gasteiger partial charge in [0.2, 0.25) is 0 Å². The number of para-hydroxylation sites is 1. The second kappa shape index (κ2) is 8.52. The van der Waals surface area contributed by atoms with E-state index in [0.29, 0.717) is 17.2 Å². The van der Waals surface area contributed by atoms with Crippen molar-refractivity contribution in [1.82, 2.24) is 0 Å². The summed E-state index contributed by atoms with van der Waals surface area (Å²) >= 11 is 0. The van der Waals surface area contributed by atoms with Gasteiger partial charge in [0.1, 0.15) is 11.5 Å². The Kier molecular flexibility index (Phi) is 5.86. The first-order valence-corrected chi connectivity index (χ1v) is 8.49. The van der Waals surface area contributed by atoms with E-state index >= 15 is 0 Å². The van der Waals surface area contributed by atoms with Crippen molar-refractivity contribution in [3.05, 3.63) is 88.5 Å². The molecule has 3 aromatic carbocycles. The van der Waals surface area contributed by atoms with Crippen LogP contribution in [0.5, 0.6) is 11.5 Å². The highest BCUT2D eigenvalue weighted by molar-refractivity contribution is 6.00. The number of amides is 2. The molecule has 0 aliphatic carbocycles. The summed E-state index contributed by atoms with van der Waals surface area (Å²) in [6.07, 6.45) is -4.60. The van der Waals surface area contributed by atoms with Crippen LogP contribution >= 0.6 is 0 Å². The summed E-state index contributed by atoms with van der Waals surface area (Å²) in [4.78, 5) is 22.2. The van der Waals surface area contributed by atoms with Gasteiger partial charge in [-0.3, -0.25) is 10.1 Å². The molecule has 0 fully saturated rings. The van der Waals surface area contributed by atoms with Crippen LogP contribution in [0.1, 0.15) is 5.56 Å². The predicted octanol–water partition coefficient (Wildman–Crippen LogP) is 6.05. The Morgan fingerprint density at radius 3 is 2.00 bits per heavy atom. The van der Waals surface area contributed by atoms with Gasteiger partial charge in [-0.1, -0.05) is 12.1 Å². The number of urea groups is 1. The van der Waals surface area contributed by atoms with Crippen molar-refractivity contribution >= 4 is 23.1 Å². The van der Waals surface area contributed by atoms with Crippen molar-refractivity contribution in [3.8, 4) is 11.5 Å². The molecule has 30 heavy (non-hydrogen) atoms. The lowest BCUT2D eigenvalue weighted by Crippen LogP contribution is -2.21. The number of non-ortho nitro benzene ring substituents is 1. The van der Waals surface area contributed by atoms with E-state index < -0.39 is 22.7 Å². The zero-order chi connectivity index (χ0) is 21.7. The third-order valence-corrected chi connectivity index (χ3v) is 3.88. The zero-order valence-electron chi connectivity index (χ0n) is 15.1. The molecule has 0 unspecified atom stereocenters.